The summed E-state index contributed by atoms with van der Waals surface area (Å²) in [4.78, 5) is 0. The second-order valence-corrected chi connectivity index (χ2v) is 4.65. The molecule has 0 aliphatic rings. The third kappa shape index (κ3) is 4.46. The zero-order valence-corrected chi connectivity index (χ0v) is 10.8. The number of hydrogen-bond donors (Lipinski definition) is 2. The van der Waals surface area contributed by atoms with Gasteiger partial charge in [-0.15, -0.1) is 0 Å². The first kappa shape index (κ1) is 15.3. The monoisotopic (exact) mass is 274 g/mol. The summed E-state index contributed by atoms with van der Waals surface area (Å²) in [5, 5.41) is 7.17. The van der Waals surface area contributed by atoms with Gasteiger partial charge >= 0.3 is 6.18 Å². The van der Waals surface area contributed by atoms with Crippen LogP contribution in [0.2, 0.25) is 0 Å². The Hall–Kier alpha value is -1.72. The summed E-state index contributed by atoms with van der Waals surface area (Å²) in [6.45, 7) is 4.15. The molecule has 0 heterocycles. The van der Waals surface area contributed by atoms with Crippen molar-refractivity contribution < 1.29 is 17.9 Å². The Bertz CT molecular complexity index is 456. The Kier molecular flexibility index (Phi) is 4.80. The lowest BCUT2D eigenvalue weighted by molar-refractivity contribution is -0.139. The second kappa shape index (κ2) is 5.95. The maximum atomic E-state index is 12.9. The minimum Gasteiger partial charge on any atom is -0.493 e. The first-order valence-corrected chi connectivity index (χ1v) is 5.90. The molecule has 1 aromatic rings. The Morgan fingerprint density at radius 3 is 2.47 bits per heavy atom. The van der Waals surface area contributed by atoms with E-state index in [-0.39, 0.29) is 17.9 Å². The zero-order valence-electron chi connectivity index (χ0n) is 10.8. The van der Waals surface area contributed by atoms with Gasteiger partial charge in [0, 0.05) is 5.56 Å². The van der Waals surface area contributed by atoms with Gasteiger partial charge in [-0.25, -0.2) is 0 Å². The molecule has 0 saturated heterocycles. The van der Waals surface area contributed by atoms with Crippen molar-refractivity contribution in [3.63, 3.8) is 0 Å². The molecule has 0 spiro atoms. The lowest BCUT2D eigenvalue weighted by Crippen LogP contribution is -2.15. The first-order chi connectivity index (χ1) is 8.71. The highest BCUT2D eigenvalue weighted by molar-refractivity contribution is 5.95. The van der Waals surface area contributed by atoms with Crippen LogP contribution in [-0.2, 0) is 6.18 Å². The smallest absolute Gasteiger partial charge is 0.419 e. The van der Waals surface area contributed by atoms with E-state index in [1.165, 1.54) is 12.1 Å². The predicted octanol–water partition coefficient (Wildman–Crippen LogP) is 3.41. The average Bonchev–Trinajstić information content (AvgIpc) is 2.27. The van der Waals surface area contributed by atoms with Gasteiger partial charge in [-0.1, -0.05) is 13.8 Å². The molecule has 0 saturated carbocycles. The van der Waals surface area contributed by atoms with Gasteiger partial charge in [-0.3, -0.25) is 5.41 Å². The number of alkyl halides is 3. The van der Waals surface area contributed by atoms with Gasteiger partial charge in [0.05, 0.1) is 12.2 Å². The van der Waals surface area contributed by atoms with E-state index in [4.69, 9.17) is 15.9 Å². The molecule has 3 nitrogen and oxygen atoms in total. The van der Waals surface area contributed by atoms with Crippen LogP contribution in [0.5, 0.6) is 5.75 Å². The van der Waals surface area contributed by atoms with Crippen molar-refractivity contribution in [2.75, 3.05) is 6.61 Å². The number of rotatable bonds is 5. The molecule has 19 heavy (non-hydrogen) atoms. The molecule has 106 valence electrons. The van der Waals surface area contributed by atoms with Gasteiger partial charge in [0.15, 0.2) is 0 Å². The highest BCUT2D eigenvalue weighted by atomic mass is 19.4. The number of nitrogens with two attached hydrogens (primary N) is 1. The predicted molar refractivity (Wildman–Crippen MR) is 67.4 cm³/mol. The van der Waals surface area contributed by atoms with E-state index >= 15 is 0 Å². The largest absolute Gasteiger partial charge is 0.493 e. The molecular formula is C13H17F3N2O. The van der Waals surface area contributed by atoms with E-state index < -0.39 is 17.6 Å². The van der Waals surface area contributed by atoms with E-state index in [2.05, 4.69) is 0 Å². The van der Waals surface area contributed by atoms with Crippen molar-refractivity contribution in [1.82, 2.24) is 0 Å². The average molecular weight is 274 g/mol. The Labute approximate surface area is 110 Å². The van der Waals surface area contributed by atoms with Gasteiger partial charge in [-0.2, -0.15) is 13.2 Å². The quantitative estimate of drug-likeness (QED) is 0.638. The summed E-state index contributed by atoms with van der Waals surface area (Å²) in [6.07, 6.45) is -3.86. The van der Waals surface area contributed by atoms with Crippen molar-refractivity contribution in [2.24, 2.45) is 11.7 Å². The molecule has 0 radical (unpaired) electrons. The number of nitrogen functional groups attached to an aromatic ring is 1. The molecule has 1 rings (SSSR count). The first-order valence-electron chi connectivity index (χ1n) is 5.90. The van der Waals surface area contributed by atoms with Crippen LogP contribution in [0.4, 0.5) is 13.2 Å². The summed E-state index contributed by atoms with van der Waals surface area (Å²) in [5.74, 6) is -0.275. The van der Waals surface area contributed by atoms with E-state index in [0.29, 0.717) is 12.3 Å². The van der Waals surface area contributed by atoms with Crippen molar-refractivity contribution in [3.8, 4) is 5.75 Å². The lowest BCUT2D eigenvalue weighted by Gasteiger charge is -2.15. The fourth-order valence-electron chi connectivity index (χ4n) is 1.45. The van der Waals surface area contributed by atoms with E-state index in [0.717, 1.165) is 6.07 Å². The zero-order chi connectivity index (χ0) is 14.6. The molecule has 0 amide bonds. The number of benzene rings is 1. The third-order valence-electron chi connectivity index (χ3n) is 2.55. The molecule has 0 aliphatic heterocycles. The SMILES string of the molecule is CC(C)CCOc1ccc(C(=N)N)cc1C(F)(F)F. The maximum absolute atomic E-state index is 12.9. The van der Waals surface area contributed by atoms with Crippen LogP contribution in [0, 0.1) is 11.3 Å². The normalized spacial score (nSPS) is 11.7. The van der Waals surface area contributed by atoms with Gasteiger partial charge < -0.3 is 10.5 Å². The minimum absolute atomic E-state index is 0.0311. The van der Waals surface area contributed by atoms with Crippen LogP contribution in [0.25, 0.3) is 0 Å². The summed E-state index contributed by atoms with van der Waals surface area (Å²) >= 11 is 0. The minimum atomic E-state index is -4.53. The van der Waals surface area contributed by atoms with Crippen molar-refractivity contribution in [1.29, 1.82) is 5.41 Å². The maximum Gasteiger partial charge on any atom is 0.419 e. The summed E-state index contributed by atoms with van der Waals surface area (Å²) in [5.41, 5.74) is 4.32. The van der Waals surface area contributed by atoms with Crippen LogP contribution >= 0.6 is 0 Å². The van der Waals surface area contributed by atoms with Crippen LogP contribution < -0.4 is 10.5 Å². The van der Waals surface area contributed by atoms with Gasteiger partial charge in [0.1, 0.15) is 11.6 Å². The third-order valence-corrected chi connectivity index (χ3v) is 2.55. The Morgan fingerprint density at radius 2 is 2.00 bits per heavy atom. The van der Waals surface area contributed by atoms with E-state index in [9.17, 15) is 13.2 Å². The summed E-state index contributed by atoms with van der Waals surface area (Å²) in [7, 11) is 0. The lowest BCUT2D eigenvalue weighted by atomic mass is 10.1. The summed E-state index contributed by atoms with van der Waals surface area (Å²) in [6, 6.07) is 3.40. The molecule has 0 aromatic heterocycles. The van der Waals surface area contributed by atoms with Gasteiger partial charge in [-0.05, 0) is 30.5 Å². The molecule has 0 fully saturated rings. The standard InChI is InChI=1S/C13H17F3N2O/c1-8(2)5-6-19-11-4-3-9(12(17)18)7-10(11)13(14,15)16/h3-4,7-8H,5-6H2,1-2H3,(H3,17,18). The Balaban J connectivity index is 3.00. The molecule has 0 bridgehead atoms. The van der Waals surface area contributed by atoms with Crippen molar-refractivity contribution in [2.45, 2.75) is 26.4 Å². The molecule has 0 atom stereocenters. The highest BCUT2D eigenvalue weighted by Gasteiger charge is 2.34. The molecule has 0 unspecified atom stereocenters. The van der Waals surface area contributed by atoms with Crippen molar-refractivity contribution in [3.05, 3.63) is 29.3 Å². The fraction of sp³-hybridized carbons (Fsp3) is 0.462. The van der Waals surface area contributed by atoms with E-state index in [1.807, 2.05) is 13.8 Å². The highest BCUT2D eigenvalue weighted by Crippen LogP contribution is 2.36. The summed E-state index contributed by atoms with van der Waals surface area (Å²) < 4.78 is 43.8. The Morgan fingerprint density at radius 1 is 1.37 bits per heavy atom. The fourth-order valence-corrected chi connectivity index (χ4v) is 1.45. The number of halogens is 3. The van der Waals surface area contributed by atoms with Crippen LogP contribution in [-0.4, -0.2) is 12.4 Å². The number of ether oxygens (including phenoxy) is 1. The van der Waals surface area contributed by atoms with Gasteiger partial charge in [0.2, 0.25) is 0 Å². The van der Waals surface area contributed by atoms with Crippen LogP contribution in [0.15, 0.2) is 18.2 Å². The number of amidine groups is 1. The molecule has 1 aromatic carbocycles. The van der Waals surface area contributed by atoms with Crippen molar-refractivity contribution >= 4 is 5.84 Å². The van der Waals surface area contributed by atoms with Crippen LogP contribution in [0.3, 0.4) is 0 Å². The molecular weight excluding hydrogens is 257 g/mol. The van der Waals surface area contributed by atoms with Crippen LogP contribution in [0.1, 0.15) is 31.4 Å². The molecule has 3 N–H and O–H groups in total. The van der Waals surface area contributed by atoms with E-state index in [1.54, 1.807) is 0 Å². The van der Waals surface area contributed by atoms with Gasteiger partial charge in [0.25, 0.3) is 0 Å². The molecule has 6 heteroatoms. The molecule has 0 aliphatic carbocycles. The second-order valence-electron chi connectivity index (χ2n) is 4.65. The topological polar surface area (TPSA) is 59.1 Å². The number of nitrogens with one attached hydrogen (secondary N) is 1. The number of hydrogen-bond acceptors (Lipinski definition) is 2.